The van der Waals surface area contributed by atoms with Crippen molar-refractivity contribution in [2.45, 2.75) is 24.6 Å². The summed E-state index contributed by atoms with van der Waals surface area (Å²) < 4.78 is 40.4. The van der Waals surface area contributed by atoms with Crippen LogP contribution in [0.1, 0.15) is 24.0 Å². The monoisotopic (exact) mass is 468 g/mol. The van der Waals surface area contributed by atoms with E-state index in [0.29, 0.717) is 29.9 Å². The molecule has 0 aliphatic carbocycles. The van der Waals surface area contributed by atoms with E-state index >= 15 is 0 Å². The zero-order chi connectivity index (χ0) is 23.4. The van der Waals surface area contributed by atoms with Gasteiger partial charge in [0.15, 0.2) is 5.84 Å². The Kier molecular flexibility index (Phi) is 7.55. The number of anilines is 2. The quantitative estimate of drug-likeness (QED) is 0.162. The van der Waals surface area contributed by atoms with Gasteiger partial charge in [0.1, 0.15) is 0 Å². The van der Waals surface area contributed by atoms with Crippen molar-refractivity contribution in [2.24, 2.45) is 16.7 Å². The first kappa shape index (κ1) is 24.2. The molecule has 0 saturated carbocycles. The van der Waals surface area contributed by atoms with Crippen LogP contribution in [0.15, 0.2) is 53.6 Å². The number of hydrogen-bond donors (Lipinski definition) is 4. The molecule has 11 heteroatoms. The van der Waals surface area contributed by atoms with Crippen LogP contribution in [0.2, 0.25) is 0 Å². The lowest BCUT2D eigenvalue weighted by molar-refractivity contribution is -0.137. The Bertz CT molecular complexity index is 940. The molecule has 3 rings (SSSR count). The van der Waals surface area contributed by atoms with E-state index in [9.17, 15) is 18.3 Å². The van der Waals surface area contributed by atoms with Crippen molar-refractivity contribution in [2.75, 3.05) is 31.2 Å². The van der Waals surface area contributed by atoms with E-state index in [0.717, 1.165) is 30.2 Å². The molecule has 1 atom stereocenters. The van der Waals surface area contributed by atoms with Gasteiger partial charge in [-0.1, -0.05) is 24.1 Å². The molecule has 32 heavy (non-hydrogen) atoms. The number of halogens is 3. The third kappa shape index (κ3) is 6.28. The van der Waals surface area contributed by atoms with Crippen LogP contribution in [0.25, 0.3) is 0 Å². The van der Waals surface area contributed by atoms with Crippen LogP contribution < -0.4 is 16.9 Å². The van der Waals surface area contributed by atoms with Gasteiger partial charge in [-0.3, -0.25) is 0 Å². The number of nitrogens with zero attached hydrogens (tertiary/aromatic N) is 3. The summed E-state index contributed by atoms with van der Waals surface area (Å²) in [5, 5.41) is 19.3. The molecule has 1 aliphatic rings. The maximum Gasteiger partial charge on any atom is 0.416 e. The number of amidine groups is 1. The molecule has 1 saturated heterocycles. The Balaban J connectivity index is 1.73. The molecular formula is C21H27F3N6OS. The summed E-state index contributed by atoms with van der Waals surface area (Å²) in [5.74, 6) is 6.14. The summed E-state index contributed by atoms with van der Waals surface area (Å²) in [7, 11) is 0. The number of alkyl halides is 3. The first-order valence-electron chi connectivity index (χ1n) is 10.0. The minimum absolute atomic E-state index is 0.110. The van der Waals surface area contributed by atoms with Gasteiger partial charge in [0.05, 0.1) is 17.7 Å². The van der Waals surface area contributed by atoms with E-state index in [2.05, 4.69) is 14.7 Å². The number of β-amino-alcohol motifs (C(OH)–C–C–N with tert-alkyl or cyclic N) is 1. The molecule has 2 aromatic rings. The van der Waals surface area contributed by atoms with E-state index in [1.54, 1.807) is 36.2 Å². The molecule has 1 heterocycles. The highest BCUT2D eigenvalue weighted by Crippen LogP contribution is 2.31. The normalized spacial score (nSPS) is 20.2. The van der Waals surface area contributed by atoms with Crippen LogP contribution in [0.4, 0.5) is 24.5 Å². The Labute approximate surface area is 189 Å². The highest BCUT2D eigenvalue weighted by Gasteiger charge is 2.34. The van der Waals surface area contributed by atoms with Crippen molar-refractivity contribution < 1.29 is 18.3 Å². The third-order valence-electron chi connectivity index (χ3n) is 5.17. The largest absolute Gasteiger partial charge is 0.416 e. The SMILES string of the molecule is CSN1CCCC(O)(CN(N)/N=C(\N)c2ccccc2Nc2ccc(C(F)(F)F)cc2)C1. The van der Waals surface area contributed by atoms with Crippen molar-refractivity contribution in [3.05, 3.63) is 59.7 Å². The molecule has 0 radical (unpaired) electrons. The van der Waals surface area contributed by atoms with Gasteiger partial charge in [0.25, 0.3) is 0 Å². The van der Waals surface area contributed by atoms with Gasteiger partial charge in [0.2, 0.25) is 0 Å². The van der Waals surface area contributed by atoms with Crippen LogP contribution >= 0.6 is 11.9 Å². The molecule has 2 aromatic carbocycles. The number of hydrazine groups is 1. The van der Waals surface area contributed by atoms with E-state index < -0.39 is 17.3 Å². The number of hydrazone groups is 1. The second-order valence-electron chi connectivity index (χ2n) is 7.70. The Morgan fingerprint density at radius 3 is 2.59 bits per heavy atom. The minimum Gasteiger partial charge on any atom is -0.387 e. The molecule has 0 aromatic heterocycles. The average molecular weight is 469 g/mol. The van der Waals surface area contributed by atoms with E-state index in [4.69, 9.17) is 11.6 Å². The van der Waals surface area contributed by atoms with Gasteiger partial charge in [-0.15, -0.1) is 5.10 Å². The first-order valence-corrected chi connectivity index (χ1v) is 11.2. The summed E-state index contributed by atoms with van der Waals surface area (Å²) in [6.45, 7) is 1.49. The van der Waals surface area contributed by atoms with E-state index in [1.807, 2.05) is 6.26 Å². The number of hydrogen-bond acceptors (Lipinski definition) is 7. The lowest BCUT2D eigenvalue weighted by Crippen LogP contribution is -2.53. The molecular weight excluding hydrogens is 441 g/mol. The van der Waals surface area contributed by atoms with Gasteiger partial charge in [0, 0.05) is 30.0 Å². The molecule has 174 valence electrons. The maximum absolute atomic E-state index is 12.8. The van der Waals surface area contributed by atoms with Crippen molar-refractivity contribution >= 4 is 29.2 Å². The Morgan fingerprint density at radius 2 is 1.94 bits per heavy atom. The number of para-hydroxylation sites is 1. The molecule has 7 nitrogen and oxygen atoms in total. The number of benzene rings is 2. The zero-order valence-electron chi connectivity index (χ0n) is 17.6. The summed E-state index contributed by atoms with van der Waals surface area (Å²) in [5.41, 5.74) is 6.01. The van der Waals surface area contributed by atoms with E-state index in [1.165, 1.54) is 12.1 Å². The third-order valence-corrected chi connectivity index (χ3v) is 5.99. The summed E-state index contributed by atoms with van der Waals surface area (Å²) in [6.07, 6.45) is -0.973. The fourth-order valence-electron chi connectivity index (χ4n) is 3.60. The van der Waals surface area contributed by atoms with Crippen LogP contribution in [0.5, 0.6) is 0 Å². The average Bonchev–Trinajstić information content (AvgIpc) is 2.73. The fraction of sp³-hybridized carbons (Fsp3) is 0.381. The lowest BCUT2D eigenvalue weighted by atomic mass is 9.94. The number of piperidine rings is 1. The number of rotatable bonds is 7. The van der Waals surface area contributed by atoms with Crippen molar-refractivity contribution in [3.8, 4) is 0 Å². The molecule has 0 spiro atoms. The highest BCUT2D eigenvalue weighted by molar-refractivity contribution is 7.96. The Morgan fingerprint density at radius 1 is 1.25 bits per heavy atom. The molecule has 1 fully saturated rings. The highest BCUT2D eigenvalue weighted by atomic mass is 32.2. The van der Waals surface area contributed by atoms with Crippen LogP contribution in [0, 0.1) is 0 Å². The van der Waals surface area contributed by atoms with Gasteiger partial charge in [-0.2, -0.15) is 13.2 Å². The minimum atomic E-state index is -4.40. The van der Waals surface area contributed by atoms with Gasteiger partial charge in [-0.05, 0) is 55.5 Å². The Hall–Kier alpha value is -2.47. The molecule has 0 bridgehead atoms. The standard InChI is InChI=1S/C21H27F3N6OS/c1-32-29-12-4-11-20(31,13-29)14-30(26)28-19(25)17-5-2-3-6-18(17)27-16-9-7-15(8-10-16)21(22,23)24/h2-3,5-10,27,31H,4,11-14,26H2,1H3,(H2,25,28). The second-order valence-corrected chi connectivity index (χ2v) is 8.58. The maximum atomic E-state index is 12.8. The summed E-state index contributed by atoms with van der Waals surface area (Å²) >= 11 is 1.57. The predicted molar refractivity (Wildman–Crippen MR) is 122 cm³/mol. The number of aliphatic hydroxyl groups is 1. The second kappa shape index (κ2) is 9.99. The van der Waals surface area contributed by atoms with Crippen molar-refractivity contribution in [1.29, 1.82) is 0 Å². The molecule has 1 unspecified atom stereocenters. The molecule has 1 aliphatic heterocycles. The van der Waals surface area contributed by atoms with Gasteiger partial charge < -0.3 is 16.2 Å². The van der Waals surface area contributed by atoms with E-state index in [-0.39, 0.29) is 12.4 Å². The number of nitrogens with two attached hydrogens (primary N) is 2. The van der Waals surface area contributed by atoms with Gasteiger partial charge >= 0.3 is 6.18 Å². The zero-order valence-corrected chi connectivity index (χ0v) is 18.5. The topological polar surface area (TPSA) is 103 Å². The number of nitrogens with one attached hydrogen (secondary N) is 1. The van der Waals surface area contributed by atoms with Gasteiger partial charge in [-0.25, -0.2) is 15.3 Å². The summed E-state index contributed by atoms with van der Waals surface area (Å²) in [4.78, 5) is 0. The van der Waals surface area contributed by atoms with Crippen LogP contribution in [-0.2, 0) is 6.18 Å². The predicted octanol–water partition coefficient (Wildman–Crippen LogP) is 3.35. The first-order chi connectivity index (χ1) is 15.1. The lowest BCUT2D eigenvalue weighted by Gasteiger charge is -2.39. The van der Waals surface area contributed by atoms with Crippen molar-refractivity contribution in [1.82, 2.24) is 9.42 Å². The van der Waals surface area contributed by atoms with Crippen LogP contribution in [-0.4, -0.2) is 51.9 Å². The molecule has 0 amide bonds. The molecule has 6 N–H and O–H groups in total. The van der Waals surface area contributed by atoms with Crippen molar-refractivity contribution in [3.63, 3.8) is 0 Å². The smallest absolute Gasteiger partial charge is 0.387 e. The fourth-order valence-corrected chi connectivity index (χ4v) is 4.28. The summed E-state index contributed by atoms with van der Waals surface area (Å²) in [6, 6.07) is 11.7. The van der Waals surface area contributed by atoms with Crippen LogP contribution in [0.3, 0.4) is 0 Å².